The maximum absolute atomic E-state index is 13.1. The Balaban J connectivity index is 3.83. The van der Waals surface area contributed by atoms with Gasteiger partial charge in [0.2, 0.25) is 5.67 Å². The van der Waals surface area contributed by atoms with Crippen LogP contribution in [0, 0.1) is 11.3 Å². The molecule has 0 aliphatic heterocycles. The number of nitriles is 1. The van der Waals surface area contributed by atoms with E-state index in [2.05, 4.69) is 5.32 Å². The molecule has 68 valence electrons. The van der Waals surface area contributed by atoms with Crippen LogP contribution in [-0.2, 0) is 0 Å². The molecule has 0 spiro atoms. The number of aliphatic hydroxyl groups excluding tert-OH is 1. The van der Waals surface area contributed by atoms with Gasteiger partial charge in [0, 0.05) is 6.54 Å². The summed E-state index contributed by atoms with van der Waals surface area (Å²) >= 11 is 0. The fourth-order valence-corrected chi connectivity index (χ4v) is 0.611. The minimum absolute atomic E-state index is 0.116. The van der Waals surface area contributed by atoms with Crippen molar-refractivity contribution in [1.82, 2.24) is 5.32 Å². The lowest BCUT2D eigenvalue weighted by Crippen LogP contribution is -2.42. The third-order valence-electron chi connectivity index (χ3n) is 1.79. The molecule has 0 radical (unpaired) electrons. The van der Waals surface area contributed by atoms with Crippen LogP contribution >= 0.6 is 0 Å². The fourth-order valence-electron chi connectivity index (χ4n) is 0.611. The van der Waals surface area contributed by atoms with Crippen LogP contribution in [0.1, 0.15) is 6.92 Å². The van der Waals surface area contributed by atoms with Crippen LogP contribution in [0.3, 0.4) is 0 Å². The van der Waals surface area contributed by atoms with E-state index in [1.807, 2.05) is 14.8 Å². The van der Waals surface area contributed by atoms with Crippen molar-refractivity contribution in [3.05, 3.63) is 0 Å². The molecule has 2 N–H and O–H groups in total. The molecule has 0 aliphatic rings. The number of aliphatic hydroxyl groups is 1. The monoisotopic (exact) mass is 172 g/mol. The van der Waals surface area contributed by atoms with Crippen LogP contribution < -0.4 is 5.32 Å². The van der Waals surface area contributed by atoms with Crippen molar-refractivity contribution in [3.63, 3.8) is 0 Å². The first-order valence-corrected chi connectivity index (χ1v) is 4.02. The van der Waals surface area contributed by atoms with E-state index in [1.165, 1.54) is 6.07 Å². The molecule has 12 heavy (non-hydrogen) atoms. The molecule has 2 unspecified atom stereocenters. The lowest BCUT2D eigenvalue weighted by atomic mass is 9.98. The van der Waals surface area contributed by atoms with Crippen molar-refractivity contribution >= 4 is 7.85 Å². The van der Waals surface area contributed by atoms with Gasteiger partial charge in [0.25, 0.3) is 0 Å². The Morgan fingerprint density at radius 3 is 2.75 bits per heavy atom. The molecule has 5 heteroatoms. The zero-order valence-electron chi connectivity index (χ0n) is 7.47. The zero-order chi connectivity index (χ0) is 9.61. The number of nitrogens with zero attached hydrogens (tertiary/aromatic N) is 1. The summed E-state index contributed by atoms with van der Waals surface area (Å²) in [5, 5.41) is 19.7. The number of nitrogens with one attached hydrogen (secondary N) is 1. The summed E-state index contributed by atoms with van der Waals surface area (Å²) in [6.07, 6.45) is 0.868. The van der Waals surface area contributed by atoms with E-state index in [-0.39, 0.29) is 12.6 Å². The predicted octanol–water partition coefficient (Wildman–Crippen LogP) is -0.760. The van der Waals surface area contributed by atoms with E-state index in [1.54, 1.807) is 0 Å². The van der Waals surface area contributed by atoms with Crippen LogP contribution in [0.15, 0.2) is 0 Å². The Morgan fingerprint density at radius 2 is 2.42 bits per heavy atom. The van der Waals surface area contributed by atoms with E-state index in [0.29, 0.717) is 0 Å². The van der Waals surface area contributed by atoms with E-state index in [0.717, 1.165) is 6.32 Å². The largest absolute Gasteiger partial charge is 0.392 e. The number of alkyl halides is 1. The lowest BCUT2D eigenvalue weighted by molar-refractivity contribution is 0.117. The van der Waals surface area contributed by atoms with Gasteiger partial charge in [0.05, 0.1) is 6.61 Å². The van der Waals surface area contributed by atoms with Gasteiger partial charge < -0.3 is 10.4 Å². The summed E-state index contributed by atoms with van der Waals surface area (Å²) in [5.41, 5.74) is -2.14. The van der Waals surface area contributed by atoms with Crippen LogP contribution in [0.5, 0.6) is 0 Å². The van der Waals surface area contributed by atoms with Crippen molar-refractivity contribution < 1.29 is 9.50 Å². The Kier molecular flexibility index (Phi) is 4.87. The van der Waals surface area contributed by atoms with E-state index >= 15 is 0 Å². The number of halogens is 1. The first kappa shape index (κ1) is 11.4. The molecule has 0 amide bonds. The highest BCUT2D eigenvalue weighted by atomic mass is 19.1. The normalized spacial score (nSPS) is 17.8. The van der Waals surface area contributed by atoms with E-state index in [9.17, 15) is 4.39 Å². The highest BCUT2D eigenvalue weighted by molar-refractivity contribution is 6.08. The van der Waals surface area contributed by atoms with Crippen LogP contribution in [0.4, 0.5) is 4.39 Å². The third kappa shape index (κ3) is 3.70. The Labute approximate surface area is 73.0 Å². The Morgan fingerprint density at radius 1 is 1.83 bits per heavy atom. The molecule has 0 heterocycles. The third-order valence-corrected chi connectivity index (χ3v) is 1.79. The molecule has 0 bridgehead atoms. The average Bonchev–Trinajstić information content (AvgIpc) is 2.13. The van der Waals surface area contributed by atoms with Gasteiger partial charge >= 0.3 is 0 Å². The number of rotatable bonds is 5. The second kappa shape index (κ2) is 5.12. The van der Waals surface area contributed by atoms with Gasteiger partial charge in [-0.25, -0.2) is 4.39 Å². The summed E-state index contributed by atoms with van der Waals surface area (Å²) in [5.74, 6) is 0. The second-order valence-corrected chi connectivity index (χ2v) is 2.93. The standard InChI is InChI=1S/C7H14BFN2O/c1-6(2-8)11-4-7(9,3-10)5-12/h6,11-12H,2,4-5,8H2,1H3. The van der Waals surface area contributed by atoms with Crippen molar-refractivity contribution in [2.24, 2.45) is 0 Å². The Bertz CT molecular complexity index is 173. The average molecular weight is 172 g/mol. The first-order valence-electron chi connectivity index (χ1n) is 4.02. The molecule has 2 atom stereocenters. The molecule has 0 fully saturated rings. The summed E-state index contributed by atoms with van der Waals surface area (Å²) in [7, 11) is 1.96. The maximum Gasteiger partial charge on any atom is 0.231 e. The summed E-state index contributed by atoms with van der Waals surface area (Å²) < 4.78 is 13.1. The fraction of sp³-hybridized carbons (Fsp3) is 0.857. The minimum atomic E-state index is -2.14. The second-order valence-electron chi connectivity index (χ2n) is 2.93. The summed E-state index contributed by atoms with van der Waals surface area (Å²) in [6, 6.07) is 1.60. The molecular weight excluding hydrogens is 158 g/mol. The molecule has 0 saturated carbocycles. The molecule has 0 aromatic carbocycles. The molecular formula is C7H14BFN2O. The SMILES string of the molecule is BCC(C)NCC(F)(C#N)CO. The first-order chi connectivity index (χ1) is 5.58. The van der Waals surface area contributed by atoms with Crippen molar-refractivity contribution in [2.45, 2.75) is 25.0 Å². The number of hydrogen-bond donors (Lipinski definition) is 2. The van der Waals surface area contributed by atoms with Gasteiger partial charge in [-0.2, -0.15) is 5.26 Å². The molecule has 3 nitrogen and oxygen atoms in total. The van der Waals surface area contributed by atoms with Crippen LogP contribution in [0.2, 0.25) is 6.32 Å². The van der Waals surface area contributed by atoms with Crippen LogP contribution in [0.25, 0.3) is 0 Å². The molecule has 0 rings (SSSR count). The predicted molar refractivity (Wildman–Crippen MR) is 47.4 cm³/mol. The zero-order valence-corrected chi connectivity index (χ0v) is 7.47. The highest BCUT2D eigenvalue weighted by Crippen LogP contribution is 2.07. The van der Waals surface area contributed by atoms with Gasteiger partial charge in [0.15, 0.2) is 0 Å². The highest BCUT2D eigenvalue weighted by Gasteiger charge is 2.28. The maximum atomic E-state index is 13.1. The summed E-state index contributed by atoms with van der Waals surface area (Å²) in [4.78, 5) is 0. The van der Waals surface area contributed by atoms with Crippen molar-refractivity contribution in [2.75, 3.05) is 13.2 Å². The van der Waals surface area contributed by atoms with E-state index in [4.69, 9.17) is 10.4 Å². The molecule has 0 saturated heterocycles. The van der Waals surface area contributed by atoms with Gasteiger partial charge in [-0.3, -0.25) is 0 Å². The Hall–Kier alpha value is -0.595. The topological polar surface area (TPSA) is 56.0 Å². The summed E-state index contributed by atoms with van der Waals surface area (Å²) in [6.45, 7) is 1.02. The van der Waals surface area contributed by atoms with Crippen molar-refractivity contribution in [1.29, 1.82) is 5.26 Å². The van der Waals surface area contributed by atoms with Crippen LogP contribution in [-0.4, -0.2) is 37.8 Å². The van der Waals surface area contributed by atoms with Gasteiger partial charge in [0.1, 0.15) is 13.9 Å². The molecule has 0 aromatic rings. The van der Waals surface area contributed by atoms with Gasteiger partial charge in [-0.15, -0.1) is 0 Å². The molecule has 0 aliphatic carbocycles. The van der Waals surface area contributed by atoms with E-state index < -0.39 is 12.3 Å². The smallest absolute Gasteiger partial charge is 0.231 e. The quantitative estimate of drug-likeness (QED) is 0.536. The minimum Gasteiger partial charge on any atom is -0.392 e. The van der Waals surface area contributed by atoms with Crippen molar-refractivity contribution in [3.8, 4) is 6.07 Å². The number of hydrogen-bond acceptors (Lipinski definition) is 3. The lowest BCUT2D eigenvalue weighted by Gasteiger charge is -2.18. The van der Waals surface area contributed by atoms with Gasteiger partial charge in [-0.05, 0) is 6.04 Å². The molecule has 0 aromatic heterocycles. The van der Waals surface area contributed by atoms with Gasteiger partial charge in [-0.1, -0.05) is 13.2 Å².